The number of nitrogens with one attached hydrogen (secondary N) is 1. The van der Waals surface area contributed by atoms with Crippen LogP contribution in [-0.2, 0) is 6.54 Å². The van der Waals surface area contributed by atoms with Crippen LogP contribution in [0.4, 0.5) is 0 Å². The fourth-order valence-corrected chi connectivity index (χ4v) is 1.47. The van der Waals surface area contributed by atoms with Gasteiger partial charge >= 0.3 is 0 Å². The number of rotatable bonds is 4. The molecule has 1 rings (SSSR count). The summed E-state index contributed by atoms with van der Waals surface area (Å²) in [6.07, 6.45) is 1.14. The summed E-state index contributed by atoms with van der Waals surface area (Å²) >= 11 is 0. The summed E-state index contributed by atoms with van der Waals surface area (Å²) in [6, 6.07) is 9.95. The van der Waals surface area contributed by atoms with Gasteiger partial charge in [-0.1, -0.05) is 39.0 Å². The zero-order valence-electron chi connectivity index (χ0n) is 10.4. The summed E-state index contributed by atoms with van der Waals surface area (Å²) < 4.78 is 0. The van der Waals surface area contributed by atoms with Gasteiger partial charge in [-0.2, -0.15) is 5.26 Å². The van der Waals surface area contributed by atoms with Crippen LogP contribution in [-0.4, -0.2) is 6.54 Å². The molecule has 0 heterocycles. The average molecular weight is 216 g/mol. The molecule has 0 aliphatic heterocycles. The Hall–Kier alpha value is -1.33. The Labute approximate surface area is 98.3 Å². The summed E-state index contributed by atoms with van der Waals surface area (Å²) in [5.41, 5.74) is 2.21. The molecule has 0 atom stereocenters. The molecule has 0 fully saturated rings. The maximum absolute atomic E-state index is 8.93. The van der Waals surface area contributed by atoms with E-state index in [0.717, 1.165) is 30.6 Å². The van der Waals surface area contributed by atoms with Gasteiger partial charge in [-0.25, -0.2) is 0 Å². The van der Waals surface area contributed by atoms with Gasteiger partial charge in [0.15, 0.2) is 0 Å². The molecule has 0 saturated carbocycles. The van der Waals surface area contributed by atoms with E-state index in [1.807, 2.05) is 24.3 Å². The molecule has 16 heavy (non-hydrogen) atoms. The first-order chi connectivity index (χ1) is 7.53. The maximum Gasteiger partial charge on any atom is 0.0995 e. The fraction of sp³-hybridized carbons (Fsp3) is 0.500. The highest BCUT2D eigenvalue weighted by Crippen LogP contribution is 2.17. The third-order valence-corrected chi connectivity index (χ3v) is 2.51. The normalized spacial score (nSPS) is 11.1. The molecule has 2 nitrogen and oxygen atoms in total. The minimum absolute atomic E-state index is 0.363. The number of benzene rings is 1. The van der Waals surface area contributed by atoms with Crippen LogP contribution >= 0.6 is 0 Å². The summed E-state index contributed by atoms with van der Waals surface area (Å²) in [5, 5.41) is 12.3. The van der Waals surface area contributed by atoms with Gasteiger partial charge in [0.1, 0.15) is 0 Å². The van der Waals surface area contributed by atoms with E-state index in [-0.39, 0.29) is 0 Å². The summed E-state index contributed by atoms with van der Waals surface area (Å²) in [4.78, 5) is 0. The predicted molar refractivity (Wildman–Crippen MR) is 66.9 cm³/mol. The molecule has 0 amide bonds. The zero-order chi connectivity index (χ0) is 12.0. The van der Waals surface area contributed by atoms with E-state index < -0.39 is 0 Å². The van der Waals surface area contributed by atoms with Crippen molar-refractivity contribution < 1.29 is 0 Å². The second-order valence-electron chi connectivity index (χ2n) is 5.26. The summed E-state index contributed by atoms with van der Waals surface area (Å²) in [7, 11) is 0. The smallest absolute Gasteiger partial charge is 0.0995 e. The third-order valence-electron chi connectivity index (χ3n) is 2.51. The molecule has 0 bridgehead atoms. The van der Waals surface area contributed by atoms with Gasteiger partial charge in [0, 0.05) is 6.54 Å². The van der Waals surface area contributed by atoms with Crippen molar-refractivity contribution in [2.24, 2.45) is 5.41 Å². The SMILES string of the molecule is CC(C)(C)CCNCc1ccccc1C#N. The van der Waals surface area contributed by atoms with Crippen molar-refractivity contribution >= 4 is 0 Å². The molecule has 86 valence electrons. The molecule has 0 unspecified atom stereocenters. The molecule has 0 saturated heterocycles. The van der Waals surface area contributed by atoms with Crippen LogP contribution in [0.3, 0.4) is 0 Å². The first-order valence-electron chi connectivity index (χ1n) is 5.72. The first kappa shape index (κ1) is 12.7. The highest BCUT2D eigenvalue weighted by molar-refractivity contribution is 5.37. The molecule has 0 spiro atoms. The number of hydrogen-bond donors (Lipinski definition) is 1. The predicted octanol–water partition coefficient (Wildman–Crippen LogP) is 3.08. The Morgan fingerprint density at radius 1 is 1.25 bits per heavy atom. The van der Waals surface area contributed by atoms with Gasteiger partial charge < -0.3 is 5.32 Å². The van der Waals surface area contributed by atoms with Gasteiger partial charge in [0.05, 0.1) is 11.6 Å². The molecule has 1 aromatic carbocycles. The van der Waals surface area contributed by atoms with Crippen molar-refractivity contribution in [3.05, 3.63) is 35.4 Å². The van der Waals surface area contributed by atoms with Crippen molar-refractivity contribution in [1.82, 2.24) is 5.32 Å². The van der Waals surface area contributed by atoms with Crippen LogP contribution in [0, 0.1) is 16.7 Å². The molecule has 1 aromatic rings. The Bertz CT molecular complexity index is 369. The number of nitrogens with zero attached hydrogens (tertiary/aromatic N) is 1. The van der Waals surface area contributed by atoms with Gasteiger partial charge in [0.25, 0.3) is 0 Å². The lowest BCUT2D eigenvalue weighted by molar-refractivity contribution is 0.366. The van der Waals surface area contributed by atoms with E-state index in [9.17, 15) is 0 Å². The van der Waals surface area contributed by atoms with E-state index in [1.54, 1.807) is 0 Å². The molecule has 0 aromatic heterocycles. The van der Waals surface area contributed by atoms with Gasteiger partial charge in [0.2, 0.25) is 0 Å². The minimum Gasteiger partial charge on any atom is -0.313 e. The fourth-order valence-electron chi connectivity index (χ4n) is 1.47. The summed E-state index contributed by atoms with van der Waals surface area (Å²) in [6.45, 7) is 8.47. The Kier molecular flexibility index (Phi) is 4.52. The molecule has 2 heteroatoms. The van der Waals surface area contributed by atoms with E-state index in [4.69, 9.17) is 5.26 Å². The third kappa shape index (κ3) is 4.46. The monoisotopic (exact) mass is 216 g/mol. The maximum atomic E-state index is 8.93. The van der Waals surface area contributed by atoms with E-state index >= 15 is 0 Å². The van der Waals surface area contributed by atoms with Crippen molar-refractivity contribution in [2.45, 2.75) is 33.7 Å². The highest BCUT2D eigenvalue weighted by Gasteiger charge is 2.09. The standard InChI is InChI=1S/C14H20N2/c1-14(2,3)8-9-16-11-13-7-5-4-6-12(13)10-15/h4-7,16H,8-9,11H2,1-3H3. The first-order valence-corrected chi connectivity index (χ1v) is 5.72. The van der Waals surface area contributed by atoms with Crippen LogP contribution in [0.15, 0.2) is 24.3 Å². The Morgan fingerprint density at radius 3 is 2.56 bits per heavy atom. The lowest BCUT2D eigenvalue weighted by atomic mass is 9.92. The second-order valence-corrected chi connectivity index (χ2v) is 5.26. The minimum atomic E-state index is 0.363. The van der Waals surface area contributed by atoms with Gasteiger partial charge in [-0.15, -0.1) is 0 Å². The second kappa shape index (κ2) is 5.67. The molecular weight excluding hydrogens is 196 g/mol. The van der Waals surface area contributed by atoms with Crippen LogP contribution in [0.25, 0.3) is 0 Å². The lowest BCUT2D eigenvalue weighted by Gasteiger charge is -2.18. The van der Waals surface area contributed by atoms with Crippen LogP contribution in [0.2, 0.25) is 0 Å². The van der Waals surface area contributed by atoms with Crippen molar-refractivity contribution in [3.63, 3.8) is 0 Å². The Morgan fingerprint density at radius 2 is 1.94 bits per heavy atom. The van der Waals surface area contributed by atoms with E-state index in [2.05, 4.69) is 32.2 Å². The van der Waals surface area contributed by atoms with E-state index in [1.165, 1.54) is 0 Å². The molecule has 0 radical (unpaired) electrons. The molecule has 1 N–H and O–H groups in total. The molecule has 0 aliphatic carbocycles. The van der Waals surface area contributed by atoms with Crippen molar-refractivity contribution in [3.8, 4) is 6.07 Å². The topological polar surface area (TPSA) is 35.8 Å². The average Bonchev–Trinajstić information content (AvgIpc) is 2.23. The van der Waals surface area contributed by atoms with Crippen LogP contribution in [0.5, 0.6) is 0 Å². The van der Waals surface area contributed by atoms with Gasteiger partial charge in [-0.3, -0.25) is 0 Å². The molecule has 0 aliphatic rings. The largest absolute Gasteiger partial charge is 0.313 e. The summed E-state index contributed by atoms with van der Waals surface area (Å²) in [5.74, 6) is 0. The number of nitriles is 1. The van der Waals surface area contributed by atoms with Gasteiger partial charge in [-0.05, 0) is 30.0 Å². The Balaban J connectivity index is 2.41. The van der Waals surface area contributed by atoms with E-state index in [0.29, 0.717) is 5.41 Å². The lowest BCUT2D eigenvalue weighted by Crippen LogP contribution is -2.20. The highest BCUT2D eigenvalue weighted by atomic mass is 14.8. The zero-order valence-corrected chi connectivity index (χ0v) is 10.4. The van der Waals surface area contributed by atoms with Crippen LogP contribution in [0.1, 0.15) is 38.3 Å². The van der Waals surface area contributed by atoms with Crippen molar-refractivity contribution in [2.75, 3.05) is 6.54 Å². The quantitative estimate of drug-likeness (QED) is 0.785. The molecular formula is C14H20N2. The van der Waals surface area contributed by atoms with Crippen molar-refractivity contribution in [1.29, 1.82) is 5.26 Å². The van der Waals surface area contributed by atoms with Crippen LogP contribution < -0.4 is 5.32 Å². The number of hydrogen-bond acceptors (Lipinski definition) is 2.